The topological polar surface area (TPSA) is 51.2 Å². The van der Waals surface area contributed by atoms with Crippen LogP contribution in [0.15, 0.2) is 18.2 Å². The Kier molecular flexibility index (Phi) is 5.02. The number of aryl methyl sites for hydroxylation is 1. The first-order valence-electron chi connectivity index (χ1n) is 5.85. The van der Waals surface area contributed by atoms with Crippen molar-refractivity contribution in [2.24, 2.45) is 0 Å². The Morgan fingerprint density at radius 1 is 1.33 bits per heavy atom. The summed E-state index contributed by atoms with van der Waals surface area (Å²) in [5, 5.41) is 0. The molecule has 1 aromatic carbocycles. The highest BCUT2D eigenvalue weighted by Gasteiger charge is 2.13. The maximum Gasteiger partial charge on any atom is 0.165 e. The van der Waals surface area contributed by atoms with E-state index in [9.17, 15) is 17.6 Å². The molecular formula is C13H17FO3S. The van der Waals surface area contributed by atoms with Crippen molar-refractivity contribution in [3.05, 3.63) is 35.1 Å². The van der Waals surface area contributed by atoms with Crippen molar-refractivity contribution in [1.29, 1.82) is 0 Å². The number of benzene rings is 1. The van der Waals surface area contributed by atoms with E-state index in [4.69, 9.17) is 0 Å². The van der Waals surface area contributed by atoms with E-state index in [1.807, 2.05) is 0 Å². The first-order chi connectivity index (χ1) is 8.35. The van der Waals surface area contributed by atoms with Gasteiger partial charge in [0.05, 0.1) is 11.3 Å². The fourth-order valence-electron chi connectivity index (χ4n) is 1.58. The number of hydrogen-bond donors (Lipinski definition) is 0. The summed E-state index contributed by atoms with van der Waals surface area (Å²) in [4.78, 5) is 11.7. The number of hydrogen-bond acceptors (Lipinski definition) is 3. The summed E-state index contributed by atoms with van der Waals surface area (Å²) in [6.07, 6.45) is 0.293. The SMILES string of the molecule is CCS(=O)(=O)CCCC(=O)c1ccc(C)cc1F. The summed E-state index contributed by atoms with van der Waals surface area (Å²) in [6, 6.07) is 4.41. The molecule has 0 aliphatic heterocycles. The second-order valence-electron chi connectivity index (χ2n) is 4.25. The van der Waals surface area contributed by atoms with Crippen LogP contribution in [0.25, 0.3) is 0 Å². The van der Waals surface area contributed by atoms with E-state index >= 15 is 0 Å². The van der Waals surface area contributed by atoms with Crippen molar-refractivity contribution in [2.75, 3.05) is 11.5 Å². The largest absolute Gasteiger partial charge is 0.294 e. The molecule has 0 bridgehead atoms. The van der Waals surface area contributed by atoms with Gasteiger partial charge in [0.15, 0.2) is 5.78 Å². The highest BCUT2D eigenvalue weighted by molar-refractivity contribution is 7.91. The minimum Gasteiger partial charge on any atom is -0.294 e. The Morgan fingerprint density at radius 2 is 2.00 bits per heavy atom. The zero-order valence-electron chi connectivity index (χ0n) is 10.6. The average Bonchev–Trinajstić information content (AvgIpc) is 2.28. The van der Waals surface area contributed by atoms with Crippen LogP contribution in [0.1, 0.15) is 35.7 Å². The Bertz CT molecular complexity index is 535. The van der Waals surface area contributed by atoms with Crippen molar-refractivity contribution in [2.45, 2.75) is 26.7 Å². The molecule has 5 heteroatoms. The molecule has 0 saturated carbocycles. The predicted molar refractivity (Wildman–Crippen MR) is 69.0 cm³/mol. The molecule has 0 saturated heterocycles. The summed E-state index contributed by atoms with van der Waals surface area (Å²) in [6.45, 7) is 3.31. The quantitative estimate of drug-likeness (QED) is 0.748. The summed E-state index contributed by atoms with van der Waals surface area (Å²) in [5.74, 6) is -0.847. The smallest absolute Gasteiger partial charge is 0.165 e. The Hall–Kier alpha value is -1.23. The van der Waals surface area contributed by atoms with Gasteiger partial charge in [0.25, 0.3) is 0 Å². The first kappa shape index (κ1) is 14.8. The lowest BCUT2D eigenvalue weighted by molar-refractivity contribution is 0.0978. The Morgan fingerprint density at radius 3 is 2.56 bits per heavy atom. The Balaban J connectivity index is 2.61. The van der Waals surface area contributed by atoms with Gasteiger partial charge >= 0.3 is 0 Å². The molecule has 0 aliphatic rings. The van der Waals surface area contributed by atoms with Crippen LogP contribution in [-0.2, 0) is 9.84 Å². The molecule has 0 amide bonds. The van der Waals surface area contributed by atoms with Crippen molar-refractivity contribution >= 4 is 15.6 Å². The summed E-state index contributed by atoms with van der Waals surface area (Å²) < 4.78 is 36.0. The van der Waals surface area contributed by atoms with Gasteiger partial charge in [-0.25, -0.2) is 12.8 Å². The predicted octanol–water partition coefficient (Wildman–Crippen LogP) is 2.53. The average molecular weight is 272 g/mol. The highest BCUT2D eigenvalue weighted by atomic mass is 32.2. The number of carbonyl (C=O) groups is 1. The summed E-state index contributed by atoms with van der Waals surface area (Å²) in [7, 11) is -3.06. The molecule has 0 N–H and O–H groups in total. The fraction of sp³-hybridized carbons (Fsp3) is 0.462. The van der Waals surface area contributed by atoms with Gasteiger partial charge in [0.1, 0.15) is 15.7 Å². The third-order valence-electron chi connectivity index (χ3n) is 2.72. The monoisotopic (exact) mass is 272 g/mol. The van der Waals surface area contributed by atoms with Gasteiger partial charge in [-0.15, -0.1) is 0 Å². The molecule has 0 fully saturated rings. The molecule has 18 heavy (non-hydrogen) atoms. The fourth-order valence-corrected chi connectivity index (χ4v) is 2.45. The molecule has 100 valence electrons. The molecule has 0 radical (unpaired) electrons. The van der Waals surface area contributed by atoms with Crippen LogP contribution in [0.2, 0.25) is 0 Å². The molecule has 0 aromatic heterocycles. The van der Waals surface area contributed by atoms with E-state index in [2.05, 4.69) is 0 Å². The number of Topliss-reactive ketones (excluding diaryl/α,β-unsaturated/α-hetero) is 1. The number of carbonyl (C=O) groups excluding carboxylic acids is 1. The normalized spacial score (nSPS) is 11.5. The van der Waals surface area contributed by atoms with Gasteiger partial charge in [-0.1, -0.05) is 13.0 Å². The number of ketones is 1. The van der Waals surface area contributed by atoms with E-state index in [0.29, 0.717) is 0 Å². The second-order valence-corrected chi connectivity index (χ2v) is 6.72. The lowest BCUT2D eigenvalue weighted by Crippen LogP contribution is -2.11. The standard InChI is InChI=1S/C13H17FO3S/c1-3-18(16,17)8-4-5-13(15)11-7-6-10(2)9-12(11)14/h6-7,9H,3-5,8H2,1-2H3. The molecule has 1 rings (SSSR count). The maximum absolute atomic E-state index is 13.5. The molecule has 0 atom stereocenters. The van der Waals surface area contributed by atoms with Gasteiger partial charge in [-0.3, -0.25) is 4.79 Å². The minimum atomic E-state index is -3.06. The van der Waals surface area contributed by atoms with Crippen molar-refractivity contribution in [1.82, 2.24) is 0 Å². The third kappa shape index (κ3) is 4.22. The molecule has 0 heterocycles. The van der Waals surface area contributed by atoms with E-state index in [0.717, 1.165) is 5.56 Å². The molecule has 0 unspecified atom stereocenters. The van der Waals surface area contributed by atoms with E-state index < -0.39 is 15.7 Å². The van der Waals surface area contributed by atoms with Crippen LogP contribution in [0.5, 0.6) is 0 Å². The molecule has 3 nitrogen and oxygen atoms in total. The van der Waals surface area contributed by atoms with Crippen LogP contribution in [0.4, 0.5) is 4.39 Å². The lowest BCUT2D eigenvalue weighted by Gasteiger charge is -2.04. The summed E-state index contributed by atoms with van der Waals surface area (Å²) >= 11 is 0. The summed E-state index contributed by atoms with van der Waals surface area (Å²) in [5.41, 5.74) is 0.784. The maximum atomic E-state index is 13.5. The van der Waals surface area contributed by atoms with Crippen LogP contribution >= 0.6 is 0 Å². The first-order valence-corrected chi connectivity index (χ1v) is 7.67. The van der Waals surface area contributed by atoms with Gasteiger partial charge in [0, 0.05) is 12.2 Å². The molecular weight excluding hydrogens is 255 g/mol. The van der Waals surface area contributed by atoms with Crippen LogP contribution in [0.3, 0.4) is 0 Å². The van der Waals surface area contributed by atoms with Gasteiger partial charge < -0.3 is 0 Å². The number of rotatable bonds is 6. The van der Waals surface area contributed by atoms with Gasteiger partial charge in [-0.2, -0.15) is 0 Å². The molecule has 0 spiro atoms. The van der Waals surface area contributed by atoms with E-state index in [1.54, 1.807) is 19.9 Å². The van der Waals surface area contributed by atoms with E-state index in [1.165, 1.54) is 12.1 Å². The van der Waals surface area contributed by atoms with Gasteiger partial charge in [-0.05, 0) is 31.0 Å². The zero-order valence-corrected chi connectivity index (χ0v) is 11.4. The second kappa shape index (κ2) is 6.09. The van der Waals surface area contributed by atoms with Crippen LogP contribution in [-0.4, -0.2) is 25.7 Å². The molecule has 1 aromatic rings. The zero-order chi connectivity index (χ0) is 13.8. The van der Waals surface area contributed by atoms with Crippen LogP contribution < -0.4 is 0 Å². The number of sulfone groups is 1. The Labute approximate surface area is 107 Å². The van der Waals surface area contributed by atoms with Gasteiger partial charge in [0.2, 0.25) is 0 Å². The highest BCUT2D eigenvalue weighted by Crippen LogP contribution is 2.13. The van der Waals surface area contributed by atoms with Crippen molar-refractivity contribution in [3.8, 4) is 0 Å². The van der Waals surface area contributed by atoms with Crippen molar-refractivity contribution in [3.63, 3.8) is 0 Å². The molecule has 0 aliphatic carbocycles. The number of halogens is 1. The van der Waals surface area contributed by atoms with E-state index in [-0.39, 0.29) is 35.7 Å². The van der Waals surface area contributed by atoms with Crippen LogP contribution in [0, 0.1) is 12.7 Å². The lowest BCUT2D eigenvalue weighted by atomic mass is 10.0. The van der Waals surface area contributed by atoms with Crippen molar-refractivity contribution < 1.29 is 17.6 Å². The third-order valence-corrected chi connectivity index (χ3v) is 4.51. The minimum absolute atomic E-state index is 0.0251.